The minimum atomic E-state index is -1.08. The van der Waals surface area contributed by atoms with E-state index in [1.165, 1.54) is 50.1 Å². The molecule has 5 heterocycles. The first kappa shape index (κ1) is 36.7. The summed E-state index contributed by atoms with van der Waals surface area (Å²) in [4.78, 5) is 63.4. The van der Waals surface area contributed by atoms with Crippen LogP contribution in [0.3, 0.4) is 0 Å². The van der Waals surface area contributed by atoms with Gasteiger partial charge in [0.2, 0.25) is 11.9 Å². The van der Waals surface area contributed by atoms with Gasteiger partial charge in [-0.25, -0.2) is 28.5 Å². The molecule has 0 aliphatic carbocycles. The summed E-state index contributed by atoms with van der Waals surface area (Å²) in [6, 6.07) is 1.44. The number of aromatic nitrogens is 4. The van der Waals surface area contributed by atoms with Crippen LogP contribution in [0.2, 0.25) is 0 Å². The number of carbonyl (C=O) groups excluding carboxylic acids is 2. The van der Waals surface area contributed by atoms with Crippen LogP contribution in [0.25, 0.3) is 0 Å². The molecular formula is C34H38F2N11O6+. The van der Waals surface area contributed by atoms with E-state index < -0.39 is 34.3 Å². The number of aliphatic imine (C=N–C) groups is 1. The van der Waals surface area contributed by atoms with Crippen molar-refractivity contribution >= 4 is 41.4 Å². The molecule has 3 amide bonds. The summed E-state index contributed by atoms with van der Waals surface area (Å²) in [5, 5.41) is 14.3. The summed E-state index contributed by atoms with van der Waals surface area (Å²) in [5.41, 5.74) is 0.411. The van der Waals surface area contributed by atoms with E-state index in [2.05, 4.69) is 30.2 Å². The van der Waals surface area contributed by atoms with Gasteiger partial charge in [0.25, 0.3) is 0 Å². The van der Waals surface area contributed by atoms with Crippen molar-refractivity contribution in [1.82, 2.24) is 24.8 Å². The Hall–Kier alpha value is -6.11. The molecule has 3 aliphatic rings. The maximum atomic E-state index is 15.8. The fraction of sp³-hybridized carbons (Fsp3) is 0.382. The lowest BCUT2D eigenvalue weighted by molar-refractivity contribution is -0.880. The molecule has 0 atom stereocenters. The Morgan fingerprint density at radius 2 is 1.87 bits per heavy atom. The Morgan fingerprint density at radius 3 is 2.51 bits per heavy atom. The summed E-state index contributed by atoms with van der Waals surface area (Å²) >= 11 is 0. The number of rotatable bonds is 12. The number of urea groups is 1. The van der Waals surface area contributed by atoms with E-state index >= 15 is 8.78 Å². The Balaban J connectivity index is 1.22. The first-order valence-corrected chi connectivity index (χ1v) is 16.7. The average Bonchev–Trinajstić information content (AvgIpc) is 3.60. The molecule has 17 nitrogen and oxygen atoms in total. The van der Waals surface area contributed by atoms with E-state index in [4.69, 9.17) is 9.47 Å². The van der Waals surface area contributed by atoms with E-state index in [1.807, 2.05) is 14.1 Å². The molecule has 0 radical (unpaired) electrons. The van der Waals surface area contributed by atoms with E-state index in [1.54, 1.807) is 17.0 Å². The summed E-state index contributed by atoms with van der Waals surface area (Å²) < 4.78 is 42.1. The molecule has 53 heavy (non-hydrogen) atoms. The number of anilines is 4. The number of carbonyl (C=O) groups is 2. The van der Waals surface area contributed by atoms with Crippen LogP contribution in [-0.4, -0.2) is 113 Å². The van der Waals surface area contributed by atoms with Crippen LogP contribution < -0.4 is 24.6 Å². The smallest absolute Gasteiger partial charge is 0.368 e. The number of nitro groups is 1. The Kier molecular flexibility index (Phi) is 10.5. The van der Waals surface area contributed by atoms with Crippen molar-refractivity contribution in [1.29, 1.82) is 0 Å². The van der Waals surface area contributed by atoms with E-state index in [0.29, 0.717) is 53.8 Å². The van der Waals surface area contributed by atoms with Crippen molar-refractivity contribution in [3.63, 3.8) is 0 Å². The third kappa shape index (κ3) is 7.74. The molecule has 3 aromatic rings. The highest BCUT2D eigenvalue weighted by Crippen LogP contribution is 2.41. The number of ether oxygens (including phenoxy) is 2. The molecule has 1 saturated heterocycles. The number of piperidine rings is 1. The first-order valence-electron chi connectivity index (χ1n) is 16.7. The maximum Gasteiger partial charge on any atom is 0.368 e. The normalized spacial score (nSPS) is 16.4. The lowest BCUT2D eigenvalue weighted by Crippen LogP contribution is -2.56. The fourth-order valence-electron chi connectivity index (χ4n) is 6.54. The van der Waals surface area contributed by atoms with Crippen molar-refractivity contribution in [2.45, 2.75) is 31.8 Å². The van der Waals surface area contributed by atoms with Gasteiger partial charge in [-0.2, -0.15) is 4.98 Å². The van der Waals surface area contributed by atoms with Crippen molar-refractivity contribution in [2.75, 3.05) is 69.6 Å². The second-order valence-corrected chi connectivity index (χ2v) is 13.2. The number of hydrogen-bond acceptors (Lipinski definition) is 12. The van der Waals surface area contributed by atoms with Crippen molar-refractivity contribution in [2.24, 2.45) is 4.99 Å². The number of quaternary nitrogens is 1. The molecule has 1 fully saturated rings. The lowest BCUT2D eigenvalue weighted by atomic mass is 10.0. The number of likely N-dealkylation sites (tertiary alicyclic amines) is 1. The maximum absolute atomic E-state index is 15.8. The van der Waals surface area contributed by atoms with Gasteiger partial charge in [0.05, 0.1) is 47.0 Å². The highest BCUT2D eigenvalue weighted by atomic mass is 19.1. The summed E-state index contributed by atoms with van der Waals surface area (Å²) in [5.74, 6) is -2.32. The summed E-state index contributed by atoms with van der Waals surface area (Å²) in [6.07, 6.45) is 10.2. The van der Waals surface area contributed by atoms with Crippen LogP contribution in [0.1, 0.15) is 24.8 Å². The van der Waals surface area contributed by atoms with Gasteiger partial charge in [-0.3, -0.25) is 14.6 Å². The fourth-order valence-corrected chi connectivity index (χ4v) is 6.54. The van der Waals surface area contributed by atoms with Gasteiger partial charge in [-0.15, -0.1) is 0 Å². The molecule has 3 aliphatic heterocycles. The minimum absolute atomic E-state index is 0.125. The van der Waals surface area contributed by atoms with Gasteiger partial charge in [0.1, 0.15) is 36.4 Å². The van der Waals surface area contributed by atoms with Gasteiger partial charge in [-0.1, -0.05) is 4.99 Å². The van der Waals surface area contributed by atoms with Gasteiger partial charge in [-0.05, 0) is 29.9 Å². The third-order valence-corrected chi connectivity index (χ3v) is 9.14. The molecule has 0 spiro atoms. The zero-order valence-corrected chi connectivity index (χ0v) is 29.5. The molecule has 1 aromatic carbocycles. The predicted molar refractivity (Wildman–Crippen MR) is 189 cm³/mol. The van der Waals surface area contributed by atoms with Crippen LogP contribution >= 0.6 is 0 Å². The molecule has 0 unspecified atom stereocenters. The first-order chi connectivity index (χ1) is 25.4. The molecule has 2 aromatic heterocycles. The number of methoxy groups -OCH3 is 2. The molecule has 0 saturated carbocycles. The lowest BCUT2D eigenvalue weighted by Gasteiger charge is -2.43. The Morgan fingerprint density at radius 1 is 1.15 bits per heavy atom. The average molecular weight is 735 g/mol. The Bertz CT molecular complexity index is 1970. The van der Waals surface area contributed by atoms with Gasteiger partial charge >= 0.3 is 11.9 Å². The van der Waals surface area contributed by atoms with E-state index in [9.17, 15) is 19.7 Å². The third-order valence-electron chi connectivity index (χ3n) is 9.14. The van der Waals surface area contributed by atoms with E-state index in [0.717, 1.165) is 11.0 Å². The second kappa shape index (κ2) is 15.2. The number of nitrogens with one attached hydrogen (secondary N) is 1. The SMILES string of the molecule is COc1cc(OC)c(F)c(N2Cc3cnc(Nc4ccncn4)nc3N(C3CCN(C(=O)/C=C/C[N+](C)(C)CC4=C([N+](=O)[O-])N=CC4)CC3)C2=O)c1F. The van der Waals surface area contributed by atoms with Crippen LogP contribution in [0.4, 0.5) is 36.8 Å². The number of fused-ring (bicyclic) bond motifs is 1. The predicted octanol–water partition coefficient (Wildman–Crippen LogP) is 3.84. The molecule has 19 heteroatoms. The quantitative estimate of drug-likeness (QED) is 0.124. The molecule has 6 rings (SSSR count). The van der Waals surface area contributed by atoms with Crippen LogP contribution in [0.15, 0.2) is 59.4 Å². The largest absolute Gasteiger partial charge is 0.493 e. The van der Waals surface area contributed by atoms with Crippen molar-refractivity contribution < 1.29 is 37.2 Å². The number of hydrogen-bond donors (Lipinski definition) is 1. The summed E-state index contributed by atoms with van der Waals surface area (Å²) in [7, 11) is 6.27. The highest BCUT2D eigenvalue weighted by Gasteiger charge is 2.42. The van der Waals surface area contributed by atoms with E-state index in [-0.39, 0.29) is 54.6 Å². The number of halogens is 2. The van der Waals surface area contributed by atoms with Crippen LogP contribution in [-0.2, 0) is 11.3 Å². The molecule has 278 valence electrons. The second-order valence-electron chi connectivity index (χ2n) is 13.2. The van der Waals surface area contributed by atoms with Gasteiger partial charge in [0.15, 0.2) is 23.1 Å². The minimum Gasteiger partial charge on any atom is -0.493 e. The Labute approximate surface area is 303 Å². The van der Waals surface area contributed by atoms with Crippen LogP contribution in [0, 0.1) is 21.7 Å². The van der Waals surface area contributed by atoms with Gasteiger partial charge < -0.3 is 34.3 Å². The standard InChI is InChI=1S/C34H38F2N11O6/c1-47(2,19-21-7-12-38-31(21)46(50)51)15-5-6-27(48)43-13-9-23(10-14-43)45-32-22(17-39-33(42-32)41-26-8-11-37-20-40-26)18-44(34(45)49)30-28(35)24(52-3)16-25(53-4)29(30)36/h5-6,8,11-12,16-17,20,23H,7,9-10,13-15,18-19H2,1-4H3,(H,37,39,40,41,42)/q+1/b6-5+. The molecular weight excluding hydrogens is 696 g/mol. The van der Waals surface area contributed by atoms with Crippen molar-refractivity contribution in [3.05, 3.63) is 81.7 Å². The molecule has 1 N–H and O–H groups in total. The molecule has 0 bridgehead atoms. The highest BCUT2D eigenvalue weighted by molar-refractivity contribution is 6.06. The number of benzene rings is 1. The number of amides is 3. The topological polar surface area (TPSA) is 181 Å². The summed E-state index contributed by atoms with van der Waals surface area (Å²) in [6.45, 7) is 1.16. The monoisotopic (exact) mass is 734 g/mol. The zero-order chi connectivity index (χ0) is 37.9. The number of nitrogens with zero attached hydrogens (tertiary/aromatic N) is 10. The van der Waals surface area contributed by atoms with Crippen molar-refractivity contribution in [3.8, 4) is 11.5 Å². The van der Waals surface area contributed by atoms with Gasteiger partial charge in [0, 0.05) is 55.7 Å². The van der Waals surface area contributed by atoms with Crippen LogP contribution in [0.5, 0.6) is 11.5 Å². The zero-order valence-electron chi connectivity index (χ0n) is 29.5. The number of likely N-dealkylation sites (N-methyl/N-ethyl adjacent to an activating group) is 1.